The lowest BCUT2D eigenvalue weighted by Crippen LogP contribution is -2.42. The highest BCUT2D eigenvalue weighted by Crippen LogP contribution is 2.39. The molecule has 3 aromatic carbocycles. The first kappa shape index (κ1) is 43.0. The molecule has 0 spiro atoms. The highest BCUT2D eigenvalue weighted by atomic mass is 16.7. The number of imide groups is 1. The smallest absolute Gasteiger partial charge is 0.408 e. The van der Waals surface area contributed by atoms with E-state index < -0.39 is 30.2 Å². The molecule has 2 aliphatic rings. The summed E-state index contributed by atoms with van der Waals surface area (Å²) >= 11 is 0. The van der Waals surface area contributed by atoms with Gasteiger partial charge in [-0.3, -0.25) is 9.59 Å². The number of hydrogen-bond donors (Lipinski definition) is 2. The van der Waals surface area contributed by atoms with E-state index >= 15 is 0 Å². The van der Waals surface area contributed by atoms with Gasteiger partial charge in [0.15, 0.2) is 6.29 Å². The number of amides is 3. The van der Waals surface area contributed by atoms with E-state index in [-0.39, 0.29) is 31.8 Å². The number of rotatable bonds is 23. The van der Waals surface area contributed by atoms with Crippen molar-refractivity contribution in [3.8, 4) is 0 Å². The van der Waals surface area contributed by atoms with Crippen LogP contribution in [0.15, 0.2) is 78.9 Å². The van der Waals surface area contributed by atoms with Gasteiger partial charge in [0.2, 0.25) is 5.91 Å². The molecule has 2 fully saturated rings. The maximum atomic E-state index is 13.4. The van der Waals surface area contributed by atoms with Crippen LogP contribution in [0.1, 0.15) is 138 Å². The zero-order valence-corrected chi connectivity index (χ0v) is 33.5. The SMILES string of the molecule is CCCCCCCCN(CCCCCCCC)CC1CC(c2ccc(CO)cc2)OC(c2ccc(N3C(=O)CC(NC(=O)OCc4ccccc4)C3=O)cc2)O1. The minimum absolute atomic E-state index is 0.0183. The molecule has 0 bridgehead atoms. The fourth-order valence-electron chi connectivity index (χ4n) is 7.55. The number of alkyl carbamates (subject to hydrolysis) is 1. The van der Waals surface area contributed by atoms with Gasteiger partial charge in [0.05, 0.1) is 30.9 Å². The lowest BCUT2D eigenvalue weighted by molar-refractivity contribution is -0.253. The Hall–Kier alpha value is -4.09. The standard InChI is InChI=1S/C46H63N3O7/c1-3-5-7-9-11-16-28-48(29-17-12-10-8-6-4-2)32-40-30-42(37-22-20-35(33-50)21-23-37)56-45(55-40)38-24-26-39(27-25-38)49-43(51)31-41(44(49)52)47-46(53)54-34-36-18-14-13-15-19-36/h13-15,18-27,40-42,45,50H,3-12,16-17,28-34H2,1-2H3,(H,47,53). The summed E-state index contributed by atoms with van der Waals surface area (Å²) < 4.78 is 18.6. The maximum Gasteiger partial charge on any atom is 0.408 e. The number of carbonyl (C=O) groups excluding carboxylic acids is 3. The highest BCUT2D eigenvalue weighted by molar-refractivity contribution is 6.22. The fourth-order valence-corrected chi connectivity index (χ4v) is 7.55. The van der Waals surface area contributed by atoms with Crippen molar-refractivity contribution in [1.82, 2.24) is 10.2 Å². The number of hydrogen-bond acceptors (Lipinski definition) is 8. The van der Waals surface area contributed by atoms with Gasteiger partial charge < -0.3 is 29.5 Å². The summed E-state index contributed by atoms with van der Waals surface area (Å²) in [6, 6.07) is 23.3. The molecule has 5 rings (SSSR count). The molecule has 0 aromatic heterocycles. The molecule has 3 amide bonds. The van der Waals surface area contributed by atoms with Crippen molar-refractivity contribution in [2.45, 2.75) is 141 Å². The van der Waals surface area contributed by atoms with Gasteiger partial charge in [0.1, 0.15) is 12.6 Å². The molecule has 10 heteroatoms. The van der Waals surface area contributed by atoms with Crippen molar-refractivity contribution in [1.29, 1.82) is 0 Å². The van der Waals surface area contributed by atoms with Gasteiger partial charge in [-0.2, -0.15) is 0 Å². The Morgan fingerprint density at radius 2 is 1.38 bits per heavy atom. The average molecular weight is 770 g/mol. The monoisotopic (exact) mass is 769 g/mol. The van der Waals surface area contributed by atoms with E-state index in [1.165, 1.54) is 77.0 Å². The summed E-state index contributed by atoms with van der Waals surface area (Å²) in [6.07, 6.45) is 14.0. The predicted molar refractivity (Wildman–Crippen MR) is 219 cm³/mol. The normalized spacial score (nSPS) is 19.8. The summed E-state index contributed by atoms with van der Waals surface area (Å²) in [5.41, 5.74) is 3.90. The molecule has 2 heterocycles. The minimum atomic E-state index is -1.01. The summed E-state index contributed by atoms with van der Waals surface area (Å²) in [6.45, 7) is 7.46. The third-order valence-electron chi connectivity index (χ3n) is 10.8. The quantitative estimate of drug-likeness (QED) is 0.0724. The largest absolute Gasteiger partial charge is 0.445 e. The zero-order chi connectivity index (χ0) is 39.5. The van der Waals surface area contributed by atoms with E-state index in [0.29, 0.717) is 12.1 Å². The first-order valence-electron chi connectivity index (χ1n) is 21.0. The van der Waals surface area contributed by atoms with E-state index in [4.69, 9.17) is 14.2 Å². The molecule has 2 saturated heterocycles. The molecule has 304 valence electrons. The number of aliphatic hydroxyl groups is 1. The number of aliphatic hydroxyl groups excluding tert-OH is 1. The Bertz CT molecular complexity index is 1600. The molecule has 2 N–H and O–H groups in total. The van der Waals surface area contributed by atoms with Crippen LogP contribution in [0.2, 0.25) is 0 Å². The van der Waals surface area contributed by atoms with Crippen LogP contribution in [0.3, 0.4) is 0 Å². The number of carbonyl (C=O) groups is 3. The van der Waals surface area contributed by atoms with Crippen molar-refractivity contribution in [3.05, 3.63) is 101 Å². The molecule has 0 aliphatic carbocycles. The molecule has 3 aromatic rings. The zero-order valence-electron chi connectivity index (χ0n) is 33.5. The van der Waals surface area contributed by atoms with Crippen molar-refractivity contribution < 1.29 is 33.7 Å². The summed E-state index contributed by atoms with van der Waals surface area (Å²) in [4.78, 5) is 42.6. The van der Waals surface area contributed by atoms with Crippen LogP contribution in [-0.2, 0) is 37.0 Å². The van der Waals surface area contributed by atoms with Crippen LogP contribution in [-0.4, -0.2) is 59.7 Å². The lowest BCUT2D eigenvalue weighted by Gasteiger charge is -2.38. The van der Waals surface area contributed by atoms with Crippen LogP contribution >= 0.6 is 0 Å². The second-order valence-corrected chi connectivity index (χ2v) is 15.3. The number of unbranched alkanes of at least 4 members (excludes halogenated alkanes) is 10. The van der Waals surface area contributed by atoms with Crippen molar-refractivity contribution in [2.24, 2.45) is 0 Å². The molecule has 10 nitrogen and oxygen atoms in total. The molecule has 4 atom stereocenters. The summed E-state index contributed by atoms with van der Waals surface area (Å²) in [7, 11) is 0. The van der Waals surface area contributed by atoms with E-state index in [0.717, 1.165) is 46.8 Å². The van der Waals surface area contributed by atoms with E-state index in [1.807, 2.05) is 66.7 Å². The summed E-state index contributed by atoms with van der Waals surface area (Å²) in [5, 5.41) is 12.2. The third-order valence-corrected chi connectivity index (χ3v) is 10.8. The number of nitrogens with zero attached hydrogens (tertiary/aromatic N) is 2. The van der Waals surface area contributed by atoms with Gasteiger partial charge in [0.25, 0.3) is 5.91 Å². The third kappa shape index (κ3) is 13.3. The van der Waals surface area contributed by atoms with Crippen LogP contribution in [0.5, 0.6) is 0 Å². The van der Waals surface area contributed by atoms with Crippen LogP contribution < -0.4 is 10.2 Å². The van der Waals surface area contributed by atoms with E-state index in [2.05, 4.69) is 24.1 Å². The molecule has 0 radical (unpaired) electrons. The van der Waals surface area contributed by atoms with Gasteiger partial charge in [0, 0.05) is 18.5 Å². The molecule has 0 saturated carbocycles. The van der Waals surface area contributed by atoms with Crippen LogP contribution in [0.25, 0.3) is 0 Å². The Morgan fingerprint density at radius 3 is 2.00 bits per heavy atom. The van der Waals surface area contributed by atoms with Crippen molar-refractivity contribution in [3.63, 3.8) is 0 Å². The van der Waals surface area contributed by atoms with Gasteiger partial charge in [-0.25, -0.2) is 9.69 Å². The fraction of sp³-hybridized carbons (Fsp3) is 0.543. The molecule has 56 heavy (non-hydrogen) atoms. The number of anilines is 1. The second-order valence-electron chi connectivity index (χ2n) is 15.3. The Kier molecular flexibility index (Phi) is 17.8. The number of ether oxygens (including phenoxy) is 3. The molecule has 4 unspecified atom stereocenters. The molecular weight excluding hydrogens is 707 g/mol. The van der Waals surface area contributed by atoms with Crippen molar-refractivity contribution >= 4 is 23.6 Å². The minimum Gasteiger partial charge on any atom is -0.445 e. The lowest BCUT2D eigenvalue weighted by atomic mass is 9.99. The highest BCUT2D eigenvalue weighted by Gasteiger charge is 2.41. The predicted octanol–water partition coefficient (Wildman–Crippen LogP) is 9.31. The Balaban J connectivity index is 1.25. The van der Waals surface area contributed by atoms with Crippen LogP contribution in [0, 0.1) is 0 Å². The summed E-state index contributed by atoms with van der Waals surface area (Å²) in [5.74, 6) is -0.907. The van der Waals surface area contributed by atoms with Gasteiger partial charge >= 0.3 is 6.09 Å². The van der Waals surface area contributed by atoms with E-state index in [9.17, 15) is 19.5 Å². The Labute approximate surface area is 333 Å². The first-order valence-corrected chi connectivity index (χ1v) is 21.0. The Morgan fingerprint density at radius 1 is 0.768 bits per heavy atom. The maximum absolute atomic E-state index is 13.4. The van der Waals surface area contributed by atoms with Gasteiger partial charge in [-0.15, -0.1) is 0 Å². The topological polar surface area (TPSA) is 118 Å². The number of benzene rings is 3. The van der Waals surface area contributed by atoms with Crippen LogP contribution in [0.4, 0.5) is 10.5 Å². The molecule has 2 aliphatic heterocycles. The molecular formula is C46H63N3O7. The van der Waals surface area contributed by atoms with Crippen molar-refractivity contribution in [2.75, 3.05) is 24.5 Å². The van der Waals surface area contributed by atoms with Gasteiger partial charge in [-0.05, 0) is 54.8 Å². The second kappa shape index (κ2) is 23.2. The first-order chi connectivity index (χ1) is 27.4. The average Bonchev–Trinajstić information content (AvgIpc) is 3.50. The number of nitrogens with one attached hydrogen (secondary N) is 1. The van der Waals surface area contributed by atoms with Gasteiger partial charge in [-0.1, -0.05) is 145 Å². The van der Waals surface area contributed by atoms with E-state index in [1.54, 1.807) is 12.1 Å².